The molecule has 0 aromatic heterocycles. The fourth-order valence-electron chi connectivity index (χ4n) is 1.83. The summed E-state index contributed by atoms with van der Waals surface area (Å²) < 4.78 is 32.0. The Morgan fingerprint density at radius 3 is 1.41 bits per heavy atom. The molecule has 0 aliphatic carbocycles. The van der Waals surface area contributed by atoms with E-state index in [1.165, 1.54) is 0 Å². The van der Waals surface area contributed by atoms with Gasteiger partial charge in [0.1, 0.15) is 6.61 Å². The Bertz CT molecular complexity index is 393. The van der Waals surface area contributed by atoms with Crippen molar-refractivity contribution >= 4 is 11.7 Å². The fourth-order valence-corrected chi connectivity index (χ4v) is 1.83. The topological polar surface area (TPSA) is 102 Å². The van der Waals surface area contributed by atoms with Gasteiger partial charge in [-0.25, -0.2) is 0 Å². The van der Waals surface area contributed by atoms with Crippen molar-refractivity contribution in [2.24, 2.45) is 5.92 Å². The Morgan fingerprint density at radius 1 is 0.655 bits per heavy atom. The van der Waals surface area contributed by atoms with Gasteiger partial charge in [0, 0.05) is 18.9 Å². The second-order valence-corrected chi connectivity index (χ2v) is 6.44. The molecule has 0 saturated heterocycles. The molecule has 29 heavy (non-hydrogen) atoms. The third kappa shape index (κ3) is 21.4. The van der Waals surface area contributed by atoms with Crippen molar-refractivity contribution in [1.82, 2.24) is 5.32 Å². The van der Waals surface area contributed by atoms with Crippen LogP contribution in [0.2, 0.25) is 0 Å². The van der Waals surface area contributed by atoms with Gasteiger partial charge in [0.25, 0.3) is 0 Å². The van der Waals surface area contributed by atoms with Gasteiger partial charge in [-0.05, 0) is 0 Å². The number of ether oxygens (including phenoxy) is 6. The largest absolute Gasteiger partial charge is 0.377 e. The summed E-state index contributed by atoms with van der Waals surface area (Å²) in [6.45, 7) is 11.5. The van der Waals surface area contributed by atoms with Gasteiger partial charge in [0.05, 0.1) is 72.7 Å². The van der Waals surface area contributed by atoms with Crippen LogP contribution in [0.1, 0.15) is 27.2 Å². The molecule has 0 aliphatic heterocycles. The highest BCUT2D eigenvalue weighted by Crippen LogP contribution is 1.94. The van der Waals surface area contributed by atoms with Gasteiger partial charge in [0.2, 0.25) is 5.91 Å². The minimum absolute atomic E-state index is 0.00373. The van der Waals surface area contributed by atoms with Gasteiger partial charge in [0.15, 0.2) is 5.78 Å². The van der Waals surface area contributed by atoms with Crippen LogP contribution < -0.4 is 5.32 Å². The van der Waals surface area contributed by atoms with Crippen LogP contribution >= 0.6 is 0 Å². The molecule has 1 amide bonds. The highest BCUT2D eigenvalue weighted by molar-refractivity contribution is 5.81. The average Bonchev–Trinajstić information content (AvgIpc) is 2.71. The number of ketones is 1. The minimum Gasteiger partial charge on any atom is -0.377 e. The van der Waals surface area contributed by atoms with E-state index in [9.17, 15) is 9.59 Å². The number of Topliss-reactive ketones (excluding diaryl/α,β-unsaturated/α-hetero) is 1. The van der Waals surface area contributed by atoms with Crippen LogP contribution in [-0.2, 0) is 38.0 Å². The Balaban J connectivity index is 3.08. The van der Waals surface area contributed by atoms with Crippen LogP contribution in [0.25, 0.3) is 0 Å². The first kappa shape index (κ1) is 27.9. The van der Waals surface area contributed by atoms with Gasteiger partial charge in [-0.15, -0.1) is 0 Å². The van der Waals surface area contributed by atoms with E-state index in [1.807, 2.05) is 20.8 Å². The lowest BCUT2D eigenvalue weighted by atomic mass is 10.1. The van der Waals surface area contributed by atoms with Crippen molar-refractivity contribution in [1.29, 1.82) is 0 Å². The average molecular weight is 422 g/mol. The zero-order valence-corrected chi connectivity index (χ0v) is 18.2. The Morgan fingerprint density at radius 2 is 1.03 bits per heavy atom. The summed E-state index contributed by atoms with van der Waals surface area (Å²) in [6, 6.07) is 0. The fraction of sp³-hybridized carbons (Fsp3) is 0.900. The third-order valence-corrected chi connectivity index (χ3v) is 3.64. The maximum absolute atomic E-state index is 11.3. The lowest BCUT2D eigenvalue weighted by Crippen LogP contribution is -2.26. The molecule has 9 heteroatoms. The molecular formula is C20H39NO8. The van der Waals surface area contributed by atoms with E-state index in [-0.39, 0.29) is 24.2 Å². The smallest absolute Gasteiger partial charge is 0.219 e. The van der Waals surface area contributed by atoms with Crippen LogP contribution in [-0.4, -0.2) is 97.5 Å². The molecule has 0 aromatic rings. The molecule has 0 unspecified atom stereocenters. The van der Waals surface area contributed by atoms with Gasteiger partial charge in [-0.2, -0.15) is 0 Å². The number of carbonyl (C=O) groups excluding carboxylic acids is 2. The molecule has 0 rings (SSSR count). The summed E-state index contributed by atoms with van der Waals surface area (Å²) in [7, 11) is 0. The second kappa shape index (κ2) is 21.6. The number of rotatable bonds is 22. The molecule has 0 saturated carbocycles. The molecule has 9 nitrogen and oxygen atoms in total. The van der Waals surface area contributed by atoms with Gasteiger partial charge in [-0.3, -0.25) is 9.59 Å². The van der Waals surface area contributed by atoms with Gasteiger partial charge >= 0.3 is 0 Å². The van der Waals surface area contributed by atoms with Crippen molar-refractivity contribution in [3.05, 3.63) is 0 Å². The zero-order valence-electron chi connectivity index (χ0n) is 18.2. The molecule has 0 fully saturated rings. The summed E-state index contributed by atoms with van der Waals surface area (Å²) in [5, 5.41) is 2.73. The normalized spacial score (nSPS) is 11.2. The summed E-state index contributed by atoms with van der Waals surface area (Å²) in [5.41, 5.74) is 0. The Hall–Kier alpha value is -1.10. The third-order valence-electron chi connectivity index (χ3n) is 3.64. The van der Waals surface area contributed by atoms with E-state index in [4.69, 9.17) is 28.4 Å². The van der Waals surface area contributed by atoms with Crippen LogP contribution in [0.5, 0.6) is 0 Å². The van der Waals surface area contributed by atoms with E-state index >= 15 is 0 Å². The number of hydrogen-bond donors (Lipinski definition) is 1. The van der Waals surface area contributed by atoms with Crippen LogP contribution in [0.3, 0.4) is 0 Å². The van der Waals surface area contributed by atoms with Crippen LogP contribution in [0, 0.1) is 5.92 Å². The maximum Gasteiger partial charge on any atom is 0.219 e. The van der Waals surface area contributed by atoms with E-state index in [2.05, 4.69) is 5.32 Å². The zero-order chi connectivity index (χ0) is 21.6. The molecule has 0 aromatic carbocycles. The Kier molecular flexibility index (Phi) is 20.8. The first-order valence-electron chi connectivity index (χ1n) is 10.3. The molecule has 0 aliphatic rings. The standard InChI is InChI=1S/C20H39NO8/c1-4-20(23)21-5-6-24-7-8-25-9-10-26-11-12-27-13-14-28-15-16-29-17-19(22)18(2)3/h18H,4-17H2,1-3H3,(H,21,23). The van der Waals surface area contributed by atoms with Crippen molar-refractivity contribution in [2.75, 3.05) is 85.8 Å². The molecule has 0 atom stereocenters. The molecule has 0 spiro atoms. The number of hydrogen-bond acceptors (Lipinski definition) is 8. The highest BCUT2D eigenvalue weighted by Gasteiger charge is 2.06. The van der Waals surface area contributed by atoms with E-state index in [1.54, 1.807) is 0 Å². The van der Waals surface area contributed by atoms with E-state index < -0.39 is 0 Å². The van der Waals surface area contributed by atoms with E-state index in [0.29, 0.717) is 85.6 Å². The second-order valence-electron chi connectivity index (χ2n) is 6.44. The molecule has 0 heterocycles. The van der Waals surface area contributed by atoms with Crippen molar-refractivity contribution in [3.63, 3.8) is 0 Å². The molecule has 0 radical (unpaired) electrons. The Labute approximate surface area is 174 Å². The summed E-state index contributed by atoms with van der Waals surface area (Å²) >= 11 is 0. The molecule has 1 N–H and O–H groups in total. The van der Waals surface area contributed by atoms with Crippen molar-refractivity contribution in [2.45, 2.75) is 27.2 Å². The van der Waals surface area contributed by atoms with Crippen LogP contribution in [0.4, 0.5) is 0 Å². The van der Waals surface area contributed by atoms with Gasteiger partial charge in [-0.1, -0.05) is 20.8 Å². The quantitative estimate of drug-likeness (QED) is 0.257. The lowest BCUT2D eigenvalue weighted by molar-refractivity contribution is -0.127. The van der Waals surface area contributed by atoms with Crippen molar-refractivity contribution in [3.8, 4) is 0 Å². The summed E-state index contributed by atoms with van der Waals surface area (Å²) in [4.78, 5) is 22.3. The monoisotopic (exact) mass is 421 g/mol. The first-order valence-corrected chi connectivity index (χ1v) is 10.3. The summed E-state index contributed by atoms with van der Waals surface area (Å²) in [6.07, 6.45) is 0.486. The maximum atomic E-state index is 11.3. The predicted octanol–water partition coefficient (Wildman–Crippen LogP) is 0.837. The van der Waals surface area contributed by atoms with E-state index in [0.717, 1.165) is 0 Å². The SMILES string of the molecule is CCC(=O)NCCOCCOCCOCCOCCOCCOCC(=O)C(C)C. The molecular weight excluding hydrogens is 382 g/mol. The number of nitrogens with one attached hydrogen (secondary N) is 1. The van der Waals surface area contributed by atoms with Gasteiger partial charge < -0.3 is 33.7 Å². The minimum atomic E-state index is 0.00373. The summed E-state index contributed by atoms with van der Waals surface area (Å²) in [5.74, 6) is 0.129. The molecule has 172 valence electrons. The highest BCUT2D eigenvalue weighted by atomic mass is 16.6. The predicted molar refractivity (Wildman–Crippen MR) is 108 cm³/mol. The van der Waals surface area contributed by atoms with Crippen LogP contribution in [0.15, 0.2) is 0 Å². The lowest BCUT2D eigenvalue weighted by Gasteiger charge is -2.08. The molecule has 0 bridgehead atoms. The van der Waals surface area contributed by atoms with Crippen molar-refractivity contribution < 1.29 is 38.0 Å². The first-order chi connectivity index (χ1) is 14.1. The number of amides is 1. The number of carbonyl (C=O) groups is 2.